The van der Waals surface area contributed by atoms with Gasteiger partial charge < -0.3 is 4.74 Å². The van der Waals surface area contributed by atoms with Gasteiger partial charge in [-0.25, -0.2) is 0 Å². The lowest BCUT2D eigenvalue weighted by atomic mass is 9.96. The smallest absolute Gasteiger partial charge is 0.137 e. The summed E-state index contributed by atoms with van der Waals surface area (Å²) in [7, 11) is 0. The molecule has 3 rings (SSSR count). The third kappa shape index (κ3) is 1.52. The second-order valence-corrected chi connectivity index (χ2v) is 5.30. The van der Waals surface area contributed by atoms with Crippen LogP contribution in [0.5, 0.6) is 5.75 Å². The van der Waals surface area contributed by atoms with E-state index in [9.17, 15) is 0 Å². The fourth-order valence-electron chi connectivity index (χ4n) is 2.48. The lowest BCUT2D eigenvalue weighted by molar-refractivity contribution is 0.366. The minimum absolute atomic E-state index is 0.502. The average Bonchev–Trinajstić information content (AvgIpc) is 2.69. The van der Waals surface area contributed by atoms with Gasteiger partial charge in [-0.1, -0.05) is 12.1 Å². The molecule has 0 aliphatic heterocycles. The minimum atomic E-state index is 0.502. The molecular weight excluding hydrogens is 216 g/mol. The van der Waals surface area contributed by atoms with Gasteiger partial charge in [-0.15, -0.1) is 11.3 Å². The van der Waals surface area contributed by atoms with Crippen LogP contribution in [0.2, 0.25) is 0 Å². The molecule has 16 heavy (non-hydrogen) atoms. The van der Waals surface area contributed by atoms with Crippen LogP contribution in [0.4, 0.5) is 0 Å². The molecule has 0 fully saturated rings. The maximum atomic E-state index is 5.60. The highest BCUT2D eigenvalue weighted by molar-refractivity contribution is 7.19. The van der Waals surface area contributed by atoms with Crippen molar-refractivity contribution in [2.75, 3.05) is 6.61 Å². The second kappa shape index (κ2) is 4.10. The molecule has 1 radical (unpaired) electrons. The number of aryl methyl sites for hydroxylation is 2. The van der Waals surface area contributed by atoms with Gasteiger partial charge in [-0.05, 0) is 49.6 Å². The van der Waals surface area contributed by atoms with Gasteiger partial charge >= 0.3 is 0 Å². The van der Waals surface area contributed by atoms with Crippen molar-refractivity contribution < 1.29 is 4.74 Å². The van der Waals surface area contributed by atoms with Crippen molar-refractivity contribution in [1.82, 2.24) is 0 Å². The molecule has 0 saturated carbocycles. The van der Waals surface area contributed by atoms with E-state index in [1.165, 1.54) is 35.8 Å². The Kier molecular flexibility index (Phi) is 2.60. The molecule has 0 saturated heterocycles. The van der Waals surface area contributed by atoms with E-state index in [-0.39, 0.29) is 0 Å². The Morgan fingerprint density at radius 1 is 1.25 bits per heavy atom. The molecule has 1 nitrogen and oxygen atoms in total. The number of ether oxygens (including phenoxy) is 1. The molecule has 2 aromatic rings. The summed E-state index contributed by atoms with van der Waals surface area (Å²) in [5, 5.41) is 1.41. The van der Waals surface area contributed by atoms with Crippen molar-refractivity contribution in [1.29, 1.82) is 0 Å². The van der Waals surface area contributed by atoms with Gasteiger partial charge in [0.05, 0.1) is 11.3 Å². The minimum Gasteiger partial charge on any atom is -0.492 e. The topological polar surface area (TPSA) is 9.23 Å². The van der Waals surface area contributed by atoms with Crippen molar-refractivity contribution in [2.45, 2.75) is 25.7 Å². The van der Waals surface area contributed by atoms with E-state index in [1.54, 1.807) is 10.4 Å². The molecule has 1 aromatic heterocycles. The molecular formula is C14H15OS. The van der Waals surface area contributed by atoms with Gasteiger partial charge in [-0.2, -0.15) is 0 Å². The van der Waals surface area contributed by atoms with E-state index >= 15 is 0 Å². The van der Waals surface area contributed by atoms with Crippen molar-refractivity contribution >= 4 is 21.4 Å². The van der Waals surface area contributed by atoms with Crippen LogP contribution in [0.25, 0.3) is 10.1 Å². The van der Waals surface area contributed by atoms with Gasteiger partial charge in [0, 0.05) is 4.88 Å². The van der Waals surface area contributed by atoms with Crippen LogP contribution in [0.3, 0.4) is 0 Å². The highest BCUT2D eigenvalue weighted by atomic mass is 32.1. The standard InChI is InChI=1S/C14H15OS/c1-2-15-12-8-5-7-11-10-6-3-4-9-13(10)16-14(11)12/h5,7-8H,1-4,6,9H2. The SMILES string of the molecule is [CH2]COc1cccc2c3c(sc12)CCCC3. The number of rotatable bonds is 2. The maximum Gasteiger partial charge on any atom is 0.137 e. The van der Waals surface area contributed by atoms with Crippen LogP contribution >= 0.6 is 11.3 Å². The van der Waals surface area contributed by atoms with Crippen LogP contribution in [-0.4, -0.2) is 6.61 Å². The number of thiophene rings is 1. The summed E-state index contributed by atoms with van der Waals surface area (Å²) >= 11 is 1.91. The van der Waals surface area contributed by atoms with Crippen LogP contribution in [-0.2, 0) is 12.8 Å². The first-order valence-corrected chi connectivity index (χ1v) is 6.67. The van der Waals surface area contributed by atoms with E-state index in [0.29, 0.717) is 6.61 Å². The van der Waals surface area contributed by atoms with E-state index in [4.69, 9.17) is 4.74 Å². The first-order valence-electron chi connectivity index (χ1n) is 5.85. The summed E-state index contributed by atoms with van der Waals surface area (Å²) in [6.45, 7) is 4.25. The zero-order chi connectivity index (χ0) is 11.0. The van der Waals surface area contributed by atoms with E-state index in [0.717, 1.165) is 5.75 Å². The summed E-state index contributed by atoms with van der Waals surface area (Å²) in [5.41, 5.74) is 1.57. The Morgan fingerprint density at radius 2 is 2.12 bits per heavy atom. The van der Waals surface area contributed by atoms with Gasteiger partial charge in [0.25, 0.3) is 0 Å². The third-order valence-corrected chi connectivity index (χ3v) is 4.53. The van der Waals surface area contributed by atoms with Gasteiger partial charge in [0.1, 0.15) is 5.75 Å². The Bertz CT molecular complexity index is 513. The summed E-state index contributed by atoms with van der Waals surface area (Å²) in [6, 6.07) is 6.37. The molecule has 1 aliphatic carbocycles. The van der Waals surface area contributed by atoms with Gasteiger partial charge in [0.2, 0.25) is 0 Å². The quantitative estimate of drug-likeness (QED) is 0.759. The molecule has 0 amide bonds. The summed E-state index contributed by atoms with van der Waals surface area (Å²) in [4.78, 5) is 1.57. The Balaban J connectivity index is 2.21. The zero-order valence-corrected chi connectivity index (χ0v) is 10.1. The number of hydrogen-bond donors (Lipinski definition) is 0. The van der Waals surface area contributed by atoms with Crippen LogP contribution in [0.15, 0.2) is 18.2 Å². The normalized spacial score (nSPS) is 15.1. The molecule has 1 heterocycles. The fraction of sp³-hybridized carbons (Fsp3) is 0.357. The lowest BCUT2D eigenvalue weighted by Gasteiger charge is -2.10. The average molecular weight is 231 g/mol. The summed E-state index contributed by atoms with van der Waals surface area (Å²) < 4.78 is 6.91. The van der Waals surface area contributed by atoms with E-state index in [2.05, 4.69) is 25.1 Å². The predicted octanol–water partition coefficient (Wildman–Crippen LogP) is 3.99. The third-order valence-electron chi connectivity index (χ3n) is 3.20. The monoisotopic (exact) mass is 231 g/mol. The molecule has 2 heteroatoms. The summed E-state index contributed by atoms with van der Waals surface area (Å²) in [6.07, 6.45) is 5.16. The van der Waals surface area contributed by atoms with Crippen molar-refractivity contribution in [2.24, 2.45) is 0 Å². The molecule has 0 unspecified atom stereocenters. The summed E-state index contributed by atoms with van der Waals surface area (Å²) in [5.74, 6) is 1.01. The largest absolute Gasteiger partial charge is 0.492 e. The molecule has 0 bridgehead atoms. The number of fused-ring (bicyclic) bond motifs is 3. The van der Waals surface area contributed by atoms with E-state index < -0.39 is 0 Å². The lowest BCUT2D eigenvalue weighted by Crippen LogP contribution is -1.97. The van der Waals surface area contributed by atoms with Crippen molar-refractivity contribution in [3.05, 3.63) is 35.6 Å². The second-order valence-electron chi connectivity index (χ2n) is 4.19. The highest BCUT2D eigenvalue weighted by Gasteiger charge is 2.17. The molecule has 0 atom stereocenters. The Hall–Kier alpha value is -1.02. The first kappa shape index (κ1) is 10.2. The fourth-order valence-corrected chi connectivity index (χ4v) is 3.84. The molecule has 83 valence electrons. The van der Waals surface area contributed by atoms with Crippen molar-refractivity contribution in [3.8, 4) is 5.75 Å². The number of hydrogen-bond acceptors (Lipinski definition) is 2. The van der Waals surface area contributed by atoms with Gasteiger partial charge in [-0.3, -0.25) is 0 Å². The van der Waals surface area contributed by atoms with Crippen LogP contribution in [0, 0.1) is 6.92 Å². The van der Waals surface area contributed by atoms with Gasteiger partial charge in [0.15, 0.2) is 0 Å². The molecule has 0 N–H and O–H groups in total. The Labute approximate surface area is 100 Å². The molecule has 1 aromatic carbocycles. The van der Waals surface area contributed by atoms with Crippen LogP contribution < -0.4 is 4.74 Å². The first-order chi connectivity index (χ1) is 7.90. The molecule has 1 aliphatic rings. The number of benzene rings is 1. The van der Waals surface area contributed by atoms with E-state index in [1.807, 2.05) is 11.3 Å². The maximum absolute atomic E-state index is 5.60. The van der Waals surface area contributed by atoms with Crippen molar-refractivity contribution in [3.63, 3.8) is 0 Å². The van der Waals surface area contributed by atoms with Crippen LogP contribution in [0.1, 0.15) is 23.3 Å². The highest BCUT2D eigenvalue weighted by Crippen LogP contribution is 2.40. The molecule has 0 spiro atoms. The predicted molar refractivity (Wildman–Crippen MR) is 69.3 cm³/mol. The Morgan fingerprint density at radius 3 is 3.00 bits per heavy atom. The zero-order valence-electron chi connectivity index (χ0n) is 9.29.